The van der Waals surface area contributed by atoms with Gasteiger partial charge in [-0.2, -0.15) is 5.10 Å². The Kier molecular flexibility index (Phi) is 3.62. The molecule has 0 bridgehead atoms. The molecule has 3 rings (SSSR count). The Morgan fingerprint density at radius 2 is 2.35 bits per heavy atom. The Bertz CT molecular complexity index is 583. The van der Waals surface area contributed by atoms with Crippen LogP contribution in [0, 0.1) is 0 Å². The van der Waals surface area contributed by atoms with E-state index in [1.807, 2.05) is 24.3 Å². The topological polar surface area (TPSA) is 69.0 Å². The minimum Gasteiger partial charge on any atom is -0.493 e. The molecule has 1 aromatic carbocycles. The van der Waals surface area contributed by atoms with Gasteiger partial charge in [-0.3, -0.25) is 9.48 Å². The molecule has 1 N–H and O–H groups in total. The third-order valence-electron chi connectivity index (χ3n) is 3.33. The van der Waals surface area contributed by atoms with Crippen molar-refractivity contribution < 1.29 is 9.53 Å². The predicted molar refractivity (Wildman–Crippen MR) is 72.1 cm³/mol. The van der Waals surface area contributed by atoms with Gasteiger partial charge in [0.05, 0.1) is 19.2 Å². The number of hydrogen-bond donors (Lipinski definition) is 1. The number of para-hydroxylation sites is 1. The molecule has 6 heteroatoms. The second-order valence-corrected chi connectivity index (χ2v) is 4.70. The summed E-state index contributed by atoms with van der Waals surface area (Å²) in [7, 11) is 0. The molecular formula is C14H16N4O2. The third kappa shape index (κ3) is 2.79. The van der Waals surface area contributed by atoms with E-state index in [1.54, 1.807) is 11.0 Å². The molecule has 1 aliphatic rings. The van der Waals surface area contributed by atoms with Gasteiger partial charge < -0.3 is 10.1 Å². The fraction of sp³-hybridized carbons (Fsp3) is 0.357. The Balaban J connectivity index is 1.59. The first kappa shape index (κ1) is 12.7. The molecule has 1 aromatic heterocycles. The predicted octanol–water partition coefficient (Wildman–Crippen LogP) is 1.31. The second-order valence-electron chi connectivity index (χ2n) is 4.70. The van der Waals surface area contributed by atoms with E-state index in [-0.39, 0.29) is 11.9 Å². The van der Waals surface area contributed by atoms with Gasteiger partial charge in [0.15, 0.2) is 0 Å². The number of rotatable bonds is 4. The summed E-state index contributed by atoms with van der Waals surface area (Å²) in [6.07, 6.45) is 4.26. The number of fused-ring (bicyclic) bond motifs is 1. The van der Waals surface area contributed by atoms with Crippen molar-refractivity contribution >= 4 is 5.91 Å². The Morgan fingerprint density at radius 3 is 3.20 bits per heavy atom. The molecule has 1 atom stereocenters. The van der Waals surface area contributed by atoms with E-state index in [2.05, 4.69) is 15.4 Å². The lowest BCUT2D eigenvalue weighted by Gasteiger charge is -2.26. The summed E-state index contributed by atoms with van der Waals surface area (Å²) in [5.74, 6) is 0.877. The fourth-order valence-corrected chi connectivity index (χ4v) is 2.32. The average Bonchev–Trinajstić information content (AvgIpc) is 2.99. The lowest BCUT2D eigenvalue weighted by Crippen LogP contribution is -2.32. The van der Waals surface area contributed by atoms with Crippen LogP contribution in [0.15, 0.2) is 36.9 Å². The number of nitrogens with one attached hydrogen (secondary N) is 1. The first-order valence-corrected chi connectivity index (χ1v) is 6.66. The van der Waals surface area contributed by atoms with Gasteiger partial charge >= 0.3 is 0 Å². The molecule has 104 valence electrons. The summed E-state index contributed by atoms with van der Waals surface area (Å²) in [6.45, 7) is 1.17. The van der Waals surface area contributed by atoms with Gasteiger partial charge in [0.1, 0.15) is 18.4 Å². The van der Waals surface area contributed by atoms with Crippen LogP contribution in [-0.4, -0.2) is 27.3 Å². The fourth-order valence-electron chi connectivity index (χ4n) is 2.32. The standard InChI is InChI=1S/C14H16N4O2/c19-14(5-7-18-10-15-9-16-18)17-12-6-8-20-13-4-2-1-3-11(12)13/h1-4,9-10,12H,5-8H2,(H,17,19). The van der Waals surface area contributed by atoms with Crippen LogP contribution < -0.4 is 10.1 Å². The van der Waals surface area contributed by atoms with Crippen LogP contribution in [0.3, 0.4) is 0 Å². The number of hydrogen-bond acceptors (Lipinski definition) is 4. The number of aryl methyl sites for hydroxylation is 1. The number of carbonyl (C=O) groups excluding carboxylic acids is 1. The molecule has 1 unspecified atom stereocenters. The second kappa shape index (κ2) is 5.73. The first-order valence-electron chi connectivity index (χ1n) is 6.66. The van der Waals surface area contributed by atoms with Crippen molar-refractivity contribution in [3.05, 3.63) is 42.5 Å². The Labute approximate surface area is 116 Å². The quantitative estimate of drug-likeness (QED) is 0.911. The molecule has 0 saturated heterocycles. The van der Waals surface area contributed by atoms with Gasteiger partial charge in [0.25, 0.3) is 0 Å². The van der Waals surface area contributed by atoms with Gasteiger partial charge in [0.2, 0.25) is 5.91 Å². The number of aromatic nitrogens is 3. The molecule has 0 spiro atoms. The highest BCUT2D eigenvalue weighted by Crippen LogP contribution is 2.31. The van der Waals surface area contributed by atoms with E-state index in [4.69, 9.17) is 4.74 Å². The van der Waals surface area contributed by atoms with Gasteiger partial charge in [-0.25, -0.2) is 4.98 Å². The molecule has 1 amide bonds. The zero-order valence-corrected chi connectivity index (χ0v) is 11.0. The van der Waals surface area contributed by atoms with E-state index in [1.165, 1.54) is 6.33 Å². The summed E-state index contributed by atoms with van der Waals surface area (Å²) in [5, 5.41) is 7.03. The summed E-state index contributed by atoms with van der Waals surface area (Å²) in [4.78, 5) is 15.9. The van der Waals surface area contributed by atoms with Gasteiger partial charge in [0, 0.05) is 18.4 Å². The third-order valence-corrected chi connectivity index (χ3v) is 3.33. The number of amides is 1. The summed E-state index contributed by atoms with van der Waals surface area (Å²) >= 11 is 0. The largest absolute Gasteiger partial charge is 0.493 e. The van der Waals surface area contributed by atoms with Crippen molar-refractivity contribution in [2.75, 3.05) is 6.61 Å². The van der Waals surface area contributed by atoms with E-state index < -0.39 is 0 Å². The molecule has 20 heavy (non-hydrogen) atoms. The first-order chi connectivity index (χ1) is 9.83. The summed E-state index contributed by atoms with van der Waals surface area (Å²) < 4.78 is 7.23. The zero-order chi connectivity index (χ0) is 13.8. The maximum Gasteiger partial charge on any atom is 0.222 e. The van der Waals surface area contributed by atoms with Crippen LogP contribution in [0.5, 0.6) is 5.75 Å². The molecule has 0 radical (unpaired) electrons. The highest BCUT2D eigenvalue weighted by Gasteiger charge is 2.22. The Hall–Kier alpha value is -2.37. The highest BCUT2D eigenvalue weighted by molar-refractivity contribution is 5.76. The monoisotopic (exact) mass is 272 g/mol. The van der Waals surface area contributed by atoms with E-state index in [0.717, 1.165) is 17.7 Å². The van der Waals surface area contributed by atoms with Crippen LogP contribution in [0.25, 0.3) is 0 Å². The average molecular weight is 272 g/mol. The smallest absolute Gasteiger partial charge is 0.222 e. The SMILES string of the molecule is O=C(CCn1cncn1)NC1CCOc2ccccc21. The summed E-state index contributed by atoms with van der Waals surface area (Å²) in [5.41, 5.74) is 1.05. The molecule has 2 aromatic rings. The lowest BCUT2D eigenvalue weighted by atomic mass is 10.0. The van der Waals surface area contributed by atoms with Crippen molar-refractivity contribution in [1.82, 2.24) is 20.1 Å². The van der Waals surface area contributed by atoms with Crippen molar-refractivity contribution in [2.24, 2.45) is 0 Å². The molecule has 0 saturated carbocycles. The molecular weight excluding hydrogens is 256 g/mol. The molecule has 0 fully saturated rings. The van der Waals surface area contributed by atoms with Crippen molar-refractivity contribution in [3.63, 3.8) is 0 Å². The maximum atomic E-state index is 12.0. The van der Waals surface area contributed by atoms with Crippen LogP contribution >= 0.6 is 0 Å². The van der Waals surface area contributed by atoms with Crippen molar-refractivity contribution in [1.29, 1.82) is 0 Å². The summed E-state index contributed by atoms with van der Waals surface area (Å²) in [6, 6.07) is 7.86. The van der Waals surface area contributed by atoms with Crippen molar-refractivity contribution in [2.45, 2.75) is 25.4 Å². The maximum absolute atomic E-state index is 12.0. The van der Waals surface area contributed by atoms with E-state index >= 15 is 0 Å². The number of ether oxygens (including phenoxy) is 1. The zero-order valence-electron chi connectivity index (χ0n) is 11.0. The van der Waals surface area contributed by atoms with Gasteiger partial charge in [-0.05, 0) is 6.07 Å². The van der Waals surface area contributed by atoms with E-state index in [9.17, 15) is 4.79 Å². The van der Waals surface area contributed by atoms with Crippen LogP contribution in [-0.2, 0) is 11.3 Å². The number of benzene rings is 1. The molecule has 1 aliphatic heterocycles. The normalized spacial score (nSPS) is 17.1. The van der Waals surface area contributed by atoms with Gasteiger partial charge in [-0.1, -0.05) is 18.2 Å². The number of carbonyl (C=O) groups is 1. The molecule has 2 heterocycles. The van der Waals surface area contributed by atoms with Crippen molar-refractivity contribution in [3.8, 4) is 5.75 Å². The lowest BCUT2D eigenvalue weighted by molar-refractivity contribution is -0.122. The van der Waals surface area contributed by atoms with Crippen LogP contribution in [0.1, 0.15) is 24.4 Å². The number of nitrogens with zero attached hydrogens (tertiary/aromatic N) is 3. The van der Waals surface area contributed by atoms with Gasteiger partial charge in [-0.15, -0.1) is 0 Å². The highest BCUT2D eigenvalue weighted by atomic mass is 16.5. The molecule has 0 aliphatic carbocycles. The van der Waals surface area contributed by atoms with E-state index in [0.29, 0.717) is 19.6 Å². The van der Waals surface area contributed by atoms with Crippen LogP contribution in [0.4, 0.5) is 0 Å². The minimum atomic E-state index is 0.0159. The molecule has 6 nitrogen and oxygen atoms in total. The Morgan fingerprint density at radius 1 is 1.45 bits per heavy atom. The minimum absolute atomic E-state index is 0.0159. The van der Waals surface area contributed by atoms with Crippen LogP contribution in [0.2, 0.25) is 0 Å².